The largest absolute Gasteiger partial charge is 0.489 e. The topological polar surface area (TPSA) is 487 Å². The van der Waals surface area contributed by atoms with Gasteiger partial charge in [0.05, 0.1) is 60.8 Å². The summed E-state index contributed by atoms with van der Waals surface area (Å²) in [5, 5.41) is 35.9. The summed E-state index contributed by atoms with van der Waals surface area (Å²) >= 11 is 1.80. The van der Waals surface area contributed by atoms with E-state index in [2.05, 4.69) is 30.9 Å². The first-order chi connectivity index (χ1) is 43.3. The molecule has 2 aliphatic heterocycles. The number of hydrogen-bond donors (Lipinski definition) is 10. The van der Waals surface area contributed by atoms with Crippen molar-refractivity contribution >= 4 is 90.3 Å². The molecule has 4 aromatic heterocycles. The number of nitrogens with two attached hydrogens (primary N) is 6. The summed E-state index contributed by atoms with van der Waals surface area (Å²) in [6.07, 6.45) is 5.78. The van der Waals surface area contributed by atoms with Crippen molar-refractivity contribution < 1.29 is 84.5 Å². The third-order valence-electron chi connectivity index (χ3n) is 14.2. The molecule has 4 atom stereocenters. The van der Waals surface area contributed by atoms with E-state index < -0.39 is 106 Å². The Labute approximate surface area is 528 Å². The number of oxime groups is 2. The first-order valence-corrected chi connectivity index (χ1v) is 31.1. The minimum Gasteiger partial charge on any atom is -0.489 e. The summed E-state index contributed by atoms with van der Waals surface area (Å²) in [6.45, 7) is 8.52. The van der Waals surface area contributed by atoms with E-state index in [9.17, 15) is 47.4 Å². The molecule has 0 spiro atoms. The number of hydrogen-bond acceptors (Lipinski definition) is 26. The summed E-state index contributed by atoms with van der Waals surface area (Å²) in [7, 11) is -5.37. The average molecular weight is 1320 g/mol. The number of aromatic nitrogens is 6. The Balaban J connectivity index is 0.862. The highest BCUT2D eigenvalue weighted by atomic mass is 32.3. The summed E-state index contributed by atoms with van der Waals surface area (Å²) in [4.78, 5) is 98.6. The third-order valence-corrected chi connectivity index (χ3v) is 16.2. The van der Waals surface area contributed by atoms with Gasteiger partial charge in [0.2, 0.25) is 12.4 Å². The first kappa shape index (κ1) is 67.7. The fourth-order valence-electron chi connectivity index (χ4n) is 9.25. The van der Waals surface area contributed by atoms with E-state index in [1.54, 1.807) is 48.5 Å². The number of carboxylic acids is 2. The molecule has 2 aromatic carbocycles. The van der Waals surface area contributed by atoms with Gasteiger partial charge in [0.1, 0.15) is 48.2 Å². The van der Waals surface area contributed by atoms with E-state index in [1.165, 1.54) is 38.5 Å². The number of anilines is 2. The van der Waals surface area contributed by atoms with Crippen LogP contribution in [0.1, 0.15) is 51.9 Å². The predicted octanol–water partition coefficient (Wildman–Crippen LogP) is -1.58. The number of benzene rings is 2. The number of carboxylic acid groups (broad SMARTS) is 2. The van der Waals surface area contributed by atoms with Gasteiger partial charge in [0.25, 0.3) is 35.8 Å². The molecule has 34 nitrogen and oxygen atoms in total. The minimum atomic E-state index is -5.37. The maximum atomic E-state index is 13.9. The van der Waals surface area contributed by atoms with E-state index in [1.807, 2.05) is 43.5 Å². The molecule has 2 aliphatic rings. The Morgan fingerprint density at radius 3 is 1.31 bits per heavy atom. The van der Waals surface area contributed by atoms with Crippen molar-refractivity contribution in [2.75, 3.05) is 50.9 Å². The van der Waals surface area contributed by atoms with Gasteiger partial charge in [-0.05, 0) is 89.0 Å². The molecule has 6 aromatic rings. The Bertz CT molecular complexity index is 3560. The molecular weight excluding hydrogens is 1250 g/mol. The fraction of sp³-hybridized carbons (Fsp3) is 0.407. The Morgan fingerprint density at radius 1 is 0.626 bits per heavy atom. The van der Waals surface area contributed by atoms with Crippen molar-refractivity contribution in [3.8, 4) is 33.8 Å². The van der Waals surface area contributed by atoms with Crippen LogP contribution in [-0.2, 0) is 83.6 Å². The van der Waals surface area contributed by atoms with Crippen LogP contribution in [-0.4, -0.2) is 170 Å². The van der Waals surface area contributed by atoms with Gasteiger partial charge in [-0.2, -0.15) is 27.9 Å². The van der Waals surface area contributed by atoms with E-state index in [0.717, 1.165) is 57.8 Å². The van der Waals surface area contributed by atoms with Crippen LogP contribution in [0.2, 0.25) is 0 Å². The van der Waals surface area contributed by atoms with Gasteiger partial charge in [-0.25, -0.2) is 19.6 Å². The number of hydroxylamine groups is 4. The predicted molar refractivity (Wildman–Crippen MR) is 325 cm³/mol. The fourth-order valence-corrected chi connectivity index (χ4v) is 11.3. The lowest BCUT2D eigenvalue weighted by Gasteiger charge is -2.52. The highest BCUT2D eigenvalue weighted by molar-refractivity contribution is 7.81. The van der Waals surface area contributed by atoms with E-state index in [0.29, 0.717) is 62.5 Å². The van der Waals surface area contributed by atoms with Gasteiger partial charge < -0.3 is 74.4 Å². The molecule has 0 aliphatic carbocycles. The highest BCUT2D eigenvalue weighted by Gasteiger charge is 2.61. The molecule has 37 heteroatoms. The SMILES string of the molecule is CC1(C)[C@H](NC(=O)/C(=N\O[C@@H](COc2ccc(-c3cn(CCCN)[n+](CCN)c3)cc2)C(=O)O)c2csc(N)n2)C(=O)N1OS(=O)(=O)ON1C(=O)[C@@H](NC(=O)/C(=N\O[C@@H](COc2ccc(-c3cn(CCCN)[n+](CCN)c3)cc2)C(=O)O)c2csc(N)n2)C1(C)C. The maximum absolute atomic E-state index is 13.9. The van der Waals surface area contributed by atoms with Gasteiger partial charge in [-0.15, -0.1) is 40.6 Å². The number of carbonyl (C=O) groups is 6. The molecular formula is C54H70N18O16S3+2. The van der Waals surface area contributed by atoms with E-state index >= 15 is 0 Å². The first-order valence-electron chi connectivity index (χ1n) is 28.1. The summed E-state index contributed by atoms with van der Waals surface area (Å²) in [5.74, 6) is -7.01. The third kappa shape index (κ3) is 16.0. The Hall–Kier alpha value is -9.21. The van der Waals surface area contributed by atoms with E-state index in [-0.39, 0.29) is 33.1 Å². The van der Waals surface area contributed by atoms with Crippen LogP contribution < -0.4 is 63.9 Å². The zero-order valence-electron chi connectivity index (χ0n) is 49.6. The van der Waals surface area contributed by atoms with Gasteiger partial charge in [0.15, 0.2) is 34.8 Å². The lowest BCUT2D eigenvalue weighted by Crippen LogP contribution is -2.78. The van der Waals surface area contributed by atoms with Crippen molar-refractivity contribution in [3.05, 3.63) is 95.5 Å². The second-order valence-electron chi connectivity index (χ2n) is 21.4. The van der Waals surface area contributed by atoms with E-state index in [4.69, 9.17) is 62.1 Å². The maximum Gasteiger partial charge on any atom is 0.442 e. The van der Waals surface area contributed by atoms with Crippen molar-refractivity contribution in [1.82, 2.24) is 40.1 Å². The molecule has 2 saturated heterocycles. The number of thiazole rings is 2. The van der Waals surface area contributed by atoms with Crippen molar-refractivity contribution in [1.29, 1.82) is 0 Å². The molecule has 488 valence electrons. The highest BCUT2D eigenvalue weighted by Crippen LogP contribution is 2.37. The lowest BCUT2D eigenvalue weighted by atomic mass is 9.84. The number of β-lactam (4-membered cyclic amide) rings is 2. The minimum absolute atomic E-state index is 0.0160. The summed E-state index contributed by atoms with van der Waals surface area (Å²) in [5.41, 5.74) is 33.2. The number of aryl methyl sites for hydroxylation is 2. The standard InChI is InChI=1S/C54H68N18O16S3/c1-53(2)43(63-45(73)41(37-29-89-51(59)61-37)65-85-39(49(77)78)27-83-35-11-7-31(8-12-35)33-23-67(19-5-15-55)69(25-33)21-17-57)47(75)71(53)87-91(81,82)88-72-48(76)44(54(72,3)4)64-46(74)42(38-30-90-52(60)62-38)66-86-40(50(79)80)28-84-36-13-9-32(10-14-36)34-24-68(20-6-16-56)70(26-34)22-18-58/h7-14,23-26,29-30,39-40,43-44H,5-6,15-22,27-28,55-58H2,1-4H3,(H6-2,59,60,61,62,63,64,73,74,77,78,79,80)/p+2/b65-41-,66-42-/t39-,40-,43+,44+/m0/s1. The molecule has 0 bridgehead atoms. The van der Waals surface area contributed by atoms with Crippen LogP contribution in [0.3, 0.4) is 0 Å². The van der Waals surface area contributed by atoms with Crippen molar-refractivity contribution in [3.63, 3.8) is 0 Å². The number of nitrogen functional groups attached to an aromatic ring is 2. The molecule has 6 heterocycles. The second kappa shape index (κ2) is 29.2. The number of aliphatic carboxylic acids is 2. The van der Waals surface area contributed by atoms with Gasteiger partial charge in [-0.3, -0.25) is 19.2 Å². The lowest BCUT2D eigenvalue weighted by molar-refractivity contribution is -0.773. The van der Waals surface area contributed by atoms with Crippen LogP contribution in [0.25, 0.3) is 22.3 Å². The normalized spacial score (nSPS) is 17.0. The van der Waals surface area contributed by atoms with Gasteiger partial charge in [0, 0.05) is 10.8 Å². The van der Waals surface area contributed by atoms with Crippen LogP contribution >= 0.6 is 22.7 Å². The Morgan fingerprint density at radius 2 is 1.00 bits per heavy atom. The van der Waals surface area contributed by atoms with Gasteiger partial charge in [-0.1, -0.05) is 34.6 Å². The van der Waals surface area contributed by atoms with Crippen LogP contribution in [0.15, 0.2) is 94.4 Å². The molecule has 8 rings (SSSR count). The molecule has 2 fully saturated rings. The van der Waals surface area contributed by atoms with Crippen LogP contribution in [0, 0.1) is 0 Å². The quantitative estimate of drug-likeness (QED) is 0.00943. The Kier molecular flexibility index (Phi) is 21.7. The molecule has 4 amide bonds. The van der Waals surface area contributed by atoms with Crippen molar-refractivity contribution in [2.24, 2.45) is 33.2 Å². The molecule has 0 radical (unpaired) electrons. The summed E-state index contributed by atoms with van der Waals surface area (Å²) < 4.78 is 56.5. The number of amides is 4. The number of ether oxygens (including phenoxy) is 2. The van der Waals surface area contributed by atoms with Gasteiger partial charge >= 0.3 is 22.3 Å². The van der Waals surface area contributed by atoms with Crippen LogP contribution in [0.5, 0.6) is 11.5 Å². The number of rotatable bonds is 34. The summed E-state index contributed by atoms with van der Waals surface area (Å²) in [6, 6.07) is 10.6. The molecule has 0 unspecified atom stereocenters. The monoisotopic (exact) mass is 1320 g/mol. The number of nitrogens with zero attached hydrogens (tertiary/aromatic N) is 10. The second-order valence-corrected chi connectivity index (χ2v) is 24.3. The van der Waals surface area contributed by atoms with Crippen LogP contribution in [0.4, 0.5) is 10.3 Å². The number of nitrogens with one attached hydrogen (secondary N) is 2. The molecule has 0 saturated carbocycles. The smallest absolute Gasteiger partial charge is 0.442 e. The average Bonchev–Trinajstić information content (AvgIpc) is 1.73. The molecule has 16 N–H and O–H groups in total. The van der Waals surface area contributed by atoms with Crippen molar-refractivity contribution in [2.45, 2.75) is 102 Å². The number of carbonyl (C=O) groups excluding carboxylic acids is 4. The zero-order chi connectivity index (χ0) is 66.0. The zero-order valence-corrected chi connectivity index (χ0v) is 52.1. The molecule has 91 heavy (non-hydrogen) atoms.